The molecule has 0 amide bonds. The normalized spacial score (nSPS) is 21.1. The molecule has 3 heterocycles. The number of piperidine rings is 1. The van der Waals surface area contributed by atoms with Gasteiger partial charge in [0.2, 0.25) is 5.82 Å². The topological polar surface area (TPSA) is 52.4 Å². The summed E-state index contributed by atoms with van der Waals surface area (Å²) in [4.78, 5) is 5.78. The zero-order chi connectivity index (χ0) is 23.8. The molecule has 5 rings (SSSR count). The predicted octanol–water partition coefficient (Wildman–Crippen LogP) is 4.74. The van der Waals surface area contributed by atoms with Gasteiger partial charge < -0.3 is 9.47 Å². The van der Waals surface area contributed by atoms with Gasteiger partial charge in [-0.05, 0) is 54.8 Å². The molecular formula is C25H25F3N4O2. The van der Waals surface area contributed by atoms with Gasteiger partial charge in [-0.1, -0.05) is 30.3 Å². The van der Waals surface area contributed by atoms with Gasteiger partial charge in [0.15, 0.2) is 0 Å². The maximum Gasteiger partial charge on any atom is 0.451 e. The first-order chi connectivity index (χ1) is 16.4. The van der Waals surface area contributed by atoms with Gasteiger partial charge in [0, 0.05) is 18.7 Å². The van der Waals surface area contributed by atoms with Crippen LogP contribution in [-0.2, 0) is 17.5 Å². The van der Waals surface area contributed by atoms with Gasteiger partial charge in [0.25, 0.3) is 0 Å². The van der Waals surface area contributed by atoms with Gasteiger partial charge in [-0.25, -0.2) is 9.67 Å². The van der Waals surface area contributed by atoms with E-state index in [1.807, 2.05) is 18.2 Å². The van der Waals surface area contributed by atoms with Crippen LogP contribution in [0.25, 0.3) is 11.3 Å². The maximum absolute atomic E-state index is 13.4. The molecule has 0 saturated carbocycles. The minimum absolute atomic E-state index is 0.261. The van der Waals surface area contributed by atoms with Crippen molar-refractivity contribution < 1.29 is 22.6 Å². The number of halogens is 3. The average molecular weight is 470 g/mol. The van der Waals surface area contributed by atoms with E-state index in [4.69, 9.17) is 9.47 Å². The lowest BCUT2D eigenvalue weighted by Crippen LogP contribution is -2.46. The molecule has 0 N–H and O–H groups in total. The van der Waals surface area contributed by atoms with Crippen molar-refractivity contribution in [1.82, 2.24) is 19.7 Å². The molecule has 6 nitrogen and oxygen atoms in total. The third-order valence-corrected chi connectivity index (χ3v) is 6.34. The van der Waals surface area contributed by atoms with Crippen molar-refractivity contribution in [3.63, 3.8) is 0 Å². The number of rotatable bonds is 5. The molecular weight excluding hydrogens is 445 g/mol. The van der Waals surface area contributed by atoms with E-state index < -0.39 is 17.6 Å². The summed E-state index contributed by atoms with van der Waals surface area (Å²) >= 11 is 0. The second-order valence-corrected chi connectivity index (χ2v) is 8.70. The summed E-state index contributed by atoms with van der Waals surface area (Å²) in [6, 6.07) is 15.2. The van der Waals surface area contributed by atoms with Crippen LogP contribution in [0.1, 0.15) is 29.8 Å². The van der Waals surface area contributed by atoms with Crippen LogP contribution in [0.15, 0.2) is 60.9 Å². The summed E-state index contributed by atoms with van der Waals surface area (Å²) in [6.45, 7) is 2.96. The van der Waals surface area contributed by atoms with Crippen molar-refractivity contribution in [3.8, 4) is 11.4 Å². The molecule has 1 spiro atoms. The van der Waals surface area contributed by atoms with Gasteiger partial charge in [-0.2, -0.15) is 18.3 Å². The Morgan fingerprint density at radius 3 is 2.74 bits per heavy atom. The van der Waals surface area contributed by atoms with E-state index >= 15 is 0 Å². The van der Waals surface area contributed by atoms with Crippen LogP contribution in [0.5, 0.6) is 5.75 Å². The molecule has 2 aliphatic heterocycles. The van der Waals surface area contributed by atoms with Crippen LogP contribution in [0.3, 0.4) is 0 Å². The third-order valence-electron chi connectivity index (χ3n) is 6.34. The highest BCUT2D eigenvalue weighted by Crippen LogP contribution is 2.40. The molecule has 2 aliphatic rings. The van der Waals surface area contributed by atoms with E-state index in [0.29, 0.717) is 17.9 Å². The fraction of sp³-hybridized carbons (Fsp3) is 0.360. The van der Waals surface area contributed by atoms with Crippen molar-refractivity contribution in [3.05, 3.63) is 77.9 Å². The lowest BCUT2D eigenvalue weighted by atomic mass is 9.90. The number of nitrogens with zero attached hydrogens (tertiary/aromatic N) is 4. The highest BCUT2D eigenvalue weighted by atomic mass is 19.4. The van der Waals surface area contributed by atoms with E-state index in [0.717, 1.165) is 49.1 Å². The Labute approximate surface area is 195 Å². The largest absolute Gasteiger partial charge is 0.496 e. The van der Waals surface area contributed by atoms with E-state index in [1.54, 1.807) is 25.3 Å². The van der Waals surface area contributed by atoms with Crippen LogP contribution in [0.2, 0.25) is 0 Å². The van der Waals surface area contributed by atoms with Crippen LogP contribution in [-0.4, -0.2) is 52.1 Å². The van der Waals surface area contributed by atoms with Crippen molar-refractivity contribution in [1.29, 1.82) is 0 Å². The van der Waals surface area contributed by atoms with E-state index in [-0.39, 0.29) is 5.69 Å². The number of likely N-dealkylation sites (tertiary alicyclic amines) is 1. The quantitative estimate of drug-likeness (QED) is 0.539. The molecule has 0 radical (unpaired) electrons. The Morgan fingerprint density at radius 2 is 1.97 bits per heavy atom. The Hall–Kier alpha value is -3.17. The van der Waals surface area contributed by atoms with Crippen molar-refractivity contribution in [2.45, 2.75) is 31.2 Å². The second-order valence-electron chi connectivity index (χ2n) is 8.70. The van der Waals surface area contributed by atoms with Gasteiger partial charge in [-0.15, -0.1) is 0 Å². The number of alkyl halides is 3. The maximum atomic E-state index is 13.4. The summed E-state index contributed by atoms with van der Waals surface area (Å²) in [6.07, 6.45) is 0.314. The minimum atomic E-state index is -4.61. The Bertz CT molecular complexity index is 1190. The summed E-state index contributed by atoms with van der Waals surface area (Å²) in [5, 5.41) is 3.80. The second kappa shape index (κ2) is 8.88. The highest BCUT2D eigenvalue weighted by Gasteiger charge is 2.40. The van der Waals surface area contributed by atoms with Crippen LogP contribution in [0, 0.1) is 0 Å². The summed E-state index contributed by atoms with van der Waals surface area (Å²) in [5.74, 6) is -0.498. The molecule has 1 aromatic heterocycles. The number of hydrogen-bond donors (Lipinski definition) is 0. The molecule has 1 atom stereocenters. The first-order valence-electron chi connectivity index (χ1n) is 11.1. The predicted molar refractivity (Wildman–Crippen MR) is 121 cm³/mol. The molecule has 1 unspecified atom stereocenters. The third kappa shape index (κ3) is 4.45. The molecule has 34 heavy (non-hydrogen) atoms. The zero-order valence-electron chi connectivity index (χ0n) is 18.8. The molecule has 2 aromatic carbocycles. The van der Waals surface area contributed by atoms with E-state index in [1.165, 1.54) is 5.56 Å². The average Bonchev–Trinajstić information content (AvgIpc) is 3.47. The monoisotopic (exact) mass is 470 g/mol. The van der Waals surface area contributed by atoms with Gasteiger partial charge in [0.1, 0.15) is 17.7 Å². The fourth-order valence-corrected chi connectivity index (χ4v) is 4.83. The van der Waals surface area contributed by atoms with E-state index in [2.05, 4.69) is 33.2 Å². The SMILES string of the molecule is COc1ccc(-n2ncnc2C(F)(F)F)cc1C1=CC2(CCCN(Cc3ccccc3)C2)OC1. The molecule has 9 heteroatoms. The zero-order valence-corrected chi connectivity index (χ0v) is 18.8. The molecule has 0 aliphatic carbocycles. The molecule has 3 aromatic rings. The van der Waals surface area contributed by atoms with Crippen molar-refractivity contribution in [2.24, 2.45) is 0 Å². The van der Waals surface area contributed by atoms with Gasteiger partial charge >= 0.3 is 6.18 Å². The number of aromatic nitrogens is 3. The summed E-state index contributed by atoms with van der Waals surface area (Å²) in [5.41, 5.74) is 2.68. The molecule has 1 fully saturated rings. The molecule has 1 saturated heterocycles. The van der Waals surface area contributed by atoms with Crippen LogP contribution >= 0.6 is 0 Å². The number of benzene rings is 2. The van der Waals surface area contributed by atoms with Crippen LogP contribution in [0.4, 0.5) is 13.2 Å². The summed E-state index contributed by atoms with van der Waals surface area (Å²) in [7, 11) is 1.55. The van der Waals surface area contributed by atoms with Gasteiger partial charge in [-0.3, -0.25) is 4.90 Å². The number of hydrogen-bond acceptors (Lipinski definition) is 5. The van der Waals surface area contributed by atoms with Crippen LogP contribution < -0.4 is 4.74 Å². The standard InChI is InChI=1S/C25H25F3N4O2/c1-33-22-9-8-20(32-23(25(26,27)28)29-17-30-32)12-21(22)19-13-24(34-15-19)10-5-11-31(16-24)14-18-6-3-2-4-7-18/h2-4,6-9,12-13,17H,5,10-11,14-16H2,1H3. The highest BCUT2D eigenvalue weighted by molar-refractivity contribution is 5.75. The summed E-state index contributed by atoms with van der Waals surface area (Å²) < 4.78 is 52.7. The Kier molecular flexibility index (Phi) is 5.91. The van der Waals surface area contributed by atoms with Gasteiger partial charge in [0.05, 0.1) is 19.4 Å². The molecule has 178 valence electrons. The Balaban J connectivity index is 1.44. The fourth-order valence-electron chi connectivity index (χ4n) is 4.83. The first kappa shape index (κ1) is 22.6. The smallest absolute Gasteiger partial charge is 0.451 e. The lowest BCUT2D eigenvalue weighted by molar-refractivity contribution is -0.146. The first-order valence-corrected chi connectivity index (χ1v) is 11.1. The van der Waals surface area contributed by atoms with Crippen molar-refractivity contribution in [2.75, 3.05) is 26.8 Å². The number of methoxy groups -OCH3 is 1. The lowest BCUT2D eigenvalue weighted by Gasteiger charge is -2.38. The Morgan fingerprint density at radius 1 is 1.15 bits per heavy atom. The number of ether oxygens (including phenoxy) is 2. The van der Waals surface area contributed by atoms with Crippen molar-refractivity contribution >= 4 is 5.57 Å². The minimum Gasteiger partial charge on any atom is -0.496 e. The van der Waals surface area contributed by atoms with E-state index in [9.17, 15) is 13.2 Å². The molecule has 0 bridgehead atoms.